The molecule has 0 aliphatic heterocycles. The third kappa shape index (κ3) is 60.5. The van der Waals surface area contributed by atoms with Crippen molar-refractivity contribution < 1.29 is 43.2 Å². The van der Waals surface area contributed by atoms with Crippen LogP contribution in [0.4, 0.5) is 0 Å². The van der Waals surface area contributed by atoms with E-state index >= 15 is 0 Å². The average Bonchev–Trinajstić information content (AvgIpc) is 4.29. The number of carbonyl (C=O) groups is 9. The molecular weight excluding hydrogens is 1150 g/mol. The molecule has 0 unspecified atom stereocenters. The maximum atomic E-state index is 11.3. The second kappa shape index (κ2) is 56.0. The molecule has 3 aliphatic rings. The summed E-state index contributed by atoms with van der Waals surface area (Å²) in [4.78, 5) is 100. The number of nitrogens with one attached hydrogen (secondary N) is 8. The van der Waals surface area contributed by atoms with Gasteiger partial charge in [0.15, 0.2) is 0 Å². The monoisotopic (exact) mass is 1290 g/mol. The second-order valence-corrected chi connectivity index (χ2v) is 28.3. The van der Waals surface area contributed by atoms with E-state index in [-0.39, 0.29) is 118 Å². The number of nitrogens with zero attached hydrogens (tertiary/aromatic N) is 1. The summed E-state index contributed by atoms with van der Waals surface area (Å²) >= 11 is 0. The fourth-order valence-corrected chi connectivity index (χ4v) is 8.03. The fourth-order valence-electron chi connectivity index (χ4n) is 8.03. The lowest BCUT2D eigenvalue weighted by Crippen LogP contribution is -2.42. The Morgan fingerprint density at radius 1 is 0.429 bits per heavy atom. The van der Waals surface area contributed by atoms with Crippen molar-refractivity contribution >= 4 is 53.2 Å². The van der Waals surface area contributed by atoms with Gasteiger partial charge in [0.25, 0.3) is 0 Å². The molecule has 4 rings (SSSR count). The zero-order valence-corrected chi connectivity index (χ0v) is 63.0. The van der Waals surface area contributed by atoms with E-state index in [4.69, 9.17) is 0 Å². The lowest BCUT2D eigenvalue weighted by Gasteiger charge is -2.23. The number of carbonyl (C=O) groups excluding carboxylic acids is 9. The van der Waals surface area contributed by atoms with E-state index in [2.05, 4.69) is 42.5 Å². The minimum Gasteiger partial charge on any atom is -0.359 e. The lowest BCUT2D eigenvalue weighted by molar-refractivity contribution is -0.132. The lowest BCUT2D eigenvalue weighted by atomic mass is 9.89. The average molecular weight is 1290 g/mol. The molecule has 91 heavy (non-hydrogen) atoms. The molecule has 0 bridgehead atoms. The first-order valence-electron chi connectivity index (χ1n) is 34.6. The zero-order chi connectivity index (χ0) is 71.6. The van der Waals surface area contributed by atoms with Gasteiger partial charge < -0.3 is 47.4 Å². The van der Waals surface area contributed by atoms with E-state index in [9.17, 15) is 43.2 Å². The summed E-state index contributed by atoms with van der Waals surface area (Å²) in [6.07, 6.45) is 17.9. The van der Waals surface area contributed by atoms with Gasteiger partial charge in [0, 0.05) is 118 Å². The van der Waals surface area contributed by atoms with Crippen LogP contribution >= 0.6 is 0 Å². The van der Waals surface area contributed by atoms with E-state index in [0.717, 1.165) is 24.6 Å². The second-order valence-electron chi connectivity index (χ2n) is 28.3. The highest BCUT2D eigenvalue weighted by Gasteiger charge is 2.20. The topological polar surface area (TPSA) is 253 Å². The van der Waals surface area contributed by atoms with E-state index < -0.39 is 0 Å². The molecule has 18 heteroatoms. The highest BCUT2D eigenvalue weighted by molar-refractivity contribution is 5.81. The Kier molecular flexibility index (Phi) is 58.0. The summed E-state index contributed by atoms with van der Waals surface area (Å²) in [6, 6.07) is 11.1. The van der Waals surface area contributed by atoms with Gasteiger partial charge in [-0.25, -0.2) is 0 Å². The highest BCUT2D eigenvalue weighted by Crippen LogP contribution is 2.23. The third-order valence-electron chi connectivity index (χ3n) is 13.9. The molecule has 0 heterocycles. The van der Waals surface area contributed by atoms with E-state index in [1.807, 2.05) is 197 Å². The van der Waals surface area contributed by atoms with Gasteiger partial charge >= 0.3 is 0 Å². The minimum absolute atomic E-state index is 0.0590. The molecule has 0 aromatic heterocycles. The first kappa shape index (κ1) is 94.2. The van der Waals surface area contributed by atoms with Crippen LogP contribution in [-0.4, -0.2) is 116 Å². The summed E-state index contributed by atoms with van der Waals surface area (Å²) in [7, 11) is 5.17. The summed E-state index contributed by atoms with van der Waals surface area (Å²) in [5, 5.41) is 22.9. The number of benzene rings is 1. The van der Waals surface area contributed by atoms with Gasteiger partial charge in [-0.1, -0.05) is 206 Å². The molecule has 3 aliphatic carbocycles. The molecule has 1 aromatic rings. The Morgan fingerprint density at radius 2 is 0.769 bits per heavy atom. The molecule has 1 aromatic carbocycles. The molecule has 8 N–H and O–H groups in total. The highest BCUT2D eigenvalue weighted by atomic mass is 16.2. The molecule has 3 saturated carbocycles. The molecule has 0 atom stereocenters. The third-order valence-corrected chi connectivity index (χ3v) is 13.9. The van der Waals surface area contributed by atoms with Crippen molar-refractivity contribution in [3.8, 4) is 0 Å². The van der Waals surface area contributed by atoms with Crippen molar-refractivity contribution in [3.63, 3.8) is 0 Å². The number of hydrogen-bond acceptors (Lipinski definition) is 9. The summed E-state index contributed by atoms with van der Waals surface area (Å²) in [5.41, 5.74) is 1.04. The van der Waals surface area contributed by atoms with Crippen LogP contribution in [0.3, 0.4) is 0 Å². The SMILES string of the molecule is CC(C)C(=O)N(C)C.CC(C)C(=O)NC(C)(C)C.CC(C)C(=O)NC1CCCC1.CC(C)C(=O)NC1CCCCC1.CC(C)C(=O)NCC1CCCCC1.CC(C)C(=O)NCc1ccccc1.CC(C)NC(=O)C(C)C.CCNC(=O)C(C)C.CNC(=O)C(C)C. The maximum Gasteiger partial charge on any atom is 0.224 e. The summed E-state index contributed by atoms with van der Waals surface area (Å²) in [6.45, 7) is 48.3. The van der Waals surface area contributed by atoms with Gasteiger partial charge in [0.1, 0.15) is 0 Å². The molecule has 9 amide bonds. The summed E-state index contributed by atoms with van der Waals surface area (Å²) in [5.74, 6) is 3.13. The Bertz CT molecular complexity index is 2050. The fraction of sp³-hybridized carbons (Fsp3) is 0.795. The van der Waals surface area contributed by atoms with Gasteiger partial charge in [-0.3, -0.25) is 43.2 Å². The summed E-state index contributed by atoms with van der Waals surface area (Å²) < 4.78 is 0. The smallest absolute Gasteiger partial charge is 0.224 e. The van der Waals surface area contributed by atoms with Crippen molar-refractivity contribution in [2.75, 3.05) is 34.2 Å². The van der Waals surface area contributed by atoms with Crippen molar-refractivity contribution in [2.45, 2.75) is 286 Å². The van der Waals surface area contributed by atoms with Crippen LogP contribution in [0.2, 0.25) is 0 Å². The van der Waals surface area contributed by atoms with Gasteiger partial charge in [-0.05, 0) is 91.5 Å². The number of hydrogen-bond donors (Lipinski definition) is 8. The normalized spacial score (nSPS) is 13.8. The standard InChI is InChI=1S/C11H21NO.C11H15NO.C10H19NO.C9H17NO.C8H17NO.C7H15NO.2C6H13NO.C5H11NO/c2*1-9(2)11(13)12-8-10-6-4-3-5-7-10;1-8(2)10(12)11-9-6-4-3-5-7-9;1-7(2)9(11)10-8-5-3-4-6-8;1-6(2)7(10)9-8(3,4)5;1-5(2)7(9)8-6(3)4;1-5(2)6(8)7(3)4;1-4-7-6(8)5(2)3;1-4(2)5(7)6-3/h9-10H,3-8H2,1-2H3,(H,12,13);3-7,9H,8H2,1-2H3,(H,12,13);8-9H,3-7H2,1-2H3,(H,11,12);7-8H,3-6H2,1-2H3,(H,10,11);6H,1-5H3,(H,9,10);5-6H,1-4H3,(H,8,9);5H,1-4H3;5H,4H2,1-3H3,(H,7,8);4H,1-3H3,(H,6,7). The predicted octanol–water partition coefficient (Wildman–Crippen LogP) is 12.7. The van der Waals surface area contributed by atoms with Crippen LogP contribution in [0, 0.1) is 59.2 Å². The molecule has 18 nitrogen and oxygen atoms in total. The van der Waals surface area contributed by atoms with E-state index in [0.29, 0.717) is 18.6 Å². The van der Waals surface area contributed by atoms with Crippen LogP contribution in [0.25, 0.3) is 0 Å². The molecule has 0 radical (unpaired) electrons. The van der Waals surface area contributed by atoms with Gasteiger partial charge in [0.05, 0.1) is 0 Å². The number of amides is 9. The predicted molar refractivity (Wildman–Crippen MR) is 379 cm³/mol. The van der Waals surface area contributed by atoms with Crippen LogP contribution in [0.5, 0.6) is 0 Å². The Balaban J connectivity index is -0.000000307. The van der Waals surface area contributed by atoms with Crippen molar-refractivity contribution in [1.82, 2.24) is 47.4 Å². The molecule has 3 fully saturated rings. The minimum atomic E-state index is -0.0959. The van der Waals surface area contributed by atoms with Crippen LogP contribution in [0.15, 0.2) is 30.3 Å². The van der Waals surface area contributed by atoms with Gasteiger partial charge in [-0.2, -0.15) is 0 Å². The van der Waals surface area contributed by atoms with Crippen LogP contribution < -0.4 is 42.5 Å². The van der Waals surface area contributed by atoms with Crippen molar-refractivity contribution in [2.24, 2.45) is 59.2 Å². The van der Waals surface area contributed by atoms with E-state index in [1.165, 1.54) is 89.9 Å². The van der Waals surface area contributed by atoms with Gasteiger partial charge in [-0.15, -0.1) is 0 Å². The molecular formula is C73H141N9O9. The largest absolute Gasteiger partial charge is 0.359 e. The Labute approximate surface area is 557 Å². The van der Waals surface area contributed by atoms with Gasteiger partial charge in [0.2, 0.25) is 53.2 Å². The first-order chi connectivity index (χ1) is 42.1. The molecule has 0 saturated heterocycles. The zero-order valence-electron chi connectivity index (χ0n) is 63.0. The number of rotatable bonds is 17. The van der Waals surface area contributed by atoms with E-state index in [1.54, 1.807) is 26.0 Å². The first-order valence-corrected chi connectivity index (χ1v) is 34.6. The Hall–Kier alpha value is -5.55. The molecule has 0 spiro atoms. The molecule has 532 valence electrons. The van der Waals surface area contributed by atoms with Crippen molar-refractivity contribution in [3.05, 3.63) is 35.9 Å². The maximum absolute atomic E-state index is 11.3. The Morgan fingerprint density at radius 3 is 1.02 bits per heavy atom. The van der Waals surface area contributed by atoms with Crippen LogP contribution in [0.1, 0.15) is 262 Å². The van der Waals surface area contributed by atoms with Crippen LogP contribution in [-0.2, 0) is 49.7 Å². The van der Waals surface area contributed by atoms with Crippen molar-refractivity contribution in [1.29, 1.82) is 0 Å². The quantitative estimate of drug-likeness (QED) is 0.0737.